The number of Topliss-reactive ketones (excluding diaryl/α,β-unsaturated/α-hetero) is 1. The fourth-order valence-corrected chi connectivity index (χ4v) is 4.62. The van der Waals surface area contributed by atoms with Crippen LogP contribution in [0.15, 0.2) is 53.3 Å². The lowest BCUT2D eigenvalue weighted by atomic mass is 9.94. The lowest BCUT2D eigenvalue weighted by Gasteiger charge is -2.31. The molecular weight excluding hydrogens is 510 g/mol. The van der Waals surface area contributed by atoms with Crippen LogP contribution in [-0.2, 0) is 4.79 Å². The molecule has 41 heavy (non-hydrogen) atoms. The van der Waals surface area contributed by atoms with Crippen LogP contribution in [0, 0.1) is 0 Å². The number of ether oxygens (including phenoxy) is 1. The minimum absolute atomic E-state index is 0.0549. The van der Waals surface area contributed by atoms with Crippen molar-refractivity contribution in [2.75, 3.05) is 32.6 Å². The van der Waals surface area contributed by atoms with E-state index in [0.29, 0.717) is 17.7 Å². The van der Waals surface area contributed by atoms with Crippen LogP contribution in [0.3, 0.4) is 0 Å². The SMILES string of the molecule is C/C=C(/NC1CCN(C)CC1)c1ccc(Nc2nccc(C(=C(C)C)/C(C)=C(\C)C(C)=O)n2)c(OC)c1.CCCC. The Morgan fingerprint density at radius 3 is 2.24 bits per heavy atom. The van der Waals surface area contributed by atoms with Crippen LogP contribution in [-0.4, -0.2) is 53.9 Å². The van der Waals surface area contributed by atoms with Gasteiger partial charge in [-0.2, -0.15) is 0 Å². The first-order valence-electron chi connectivity index (χ1n) is 14.8. The lowest BCUT2D eigenvalue weighted by Crippen LogP contribution is -2.40. The van der Waals surface area contributed by atoms with E-state index in [4.69, 9.17) is 9.72 Å². The molecule has 2 heterocycles. The van der Waals surface area contributed by atoms with Crippen LogP contribution in [0.5, 0.6) is 5.75 Å². The molecule has 1 aromatic carbocycles. The number of allylic oxidation sites excluding steroid dienone is 5. The average molecular weight is 562 g/mol. The molecule has 1 saturated heterocycles. The maximum absolute atomic E-state index is 12.0. The number of aromatic nitrogens is 2. The molecule has 0 bridgehead atoms. The summed E-state index contributed by atoms with van der Waals surface area (Å²) in [5.74, 6) is 1.23. The highest BCUT2D eigenvalue weighted by Gasteiger charge is 2.18. The Hall–Kier alpha value is -3.45. The fraction of sp³-hybridized carbons (Fsp3) is 0.500. The second-order valence-electron chi connectivity index (χ2n) is 10.9. The number of hydrogen-bond donors (Lipinski definition) is 2. The molecule has 2 aromatic rings. The quantitative estimate of drug-likeness (QED) is 0.226. The molecule has 2 N–H and O–H groups in total. The Kier molecular flexibility index (Phi) is 13.8. The first-order chi connectivity index (χ1) is 19.6. The van der Waals surface area contributed by atoms with E-state index < -0.39 is 0 Å². The third-order valence-electron chi connectivity index (χ3n) is 7.50. The first kappa shape index (κ1) is 33.8. The Labute approximate surface area is 248 Å². The number of nitrogens with zero attached hydrogens (tertiary/aromatic N) is 3. The smallest absolute Gasteiger partial charge is 0.227 e. The molecule has 0 atom stereocenters. The summed E-state index contributed by atoms with van der Waals surface area (Å²) in [4.78, 5) is 23.6. The zero-order valence-corrected chi connectivity index (χ0v) is 26.9. The van der Waals surface area contributed by atoms with Crippen molar-refractivity contribution in [3.05, 3.63) is 64.5 Å². The van der Waals surface area contributed by atoms with Crippen molar-refractivity contribution in [2.24, 2.45) is 0 Å². The summed E-state index contributed by atoms with van der Waals surface area (Å²) < 4.78 is 5.73. The summed E-state index contributed by atoms with van der Waals surface area (Å²) in [5.41, 5.74) is 7.43. The standard InChI is InChI=1S/C30H41N5O2.C4H10/c1-9-25(32-24-13-16-35(7)17-14-24)23-10-11-26(28(18-23)37-8)33-30-31-15-12-27(34-30)29(19(2)3)21(5)20(4)22(6)36;1-3-4-2/h9-12,15,18,24,32H,13-14,16-17H2,1-8H3,(H,31,33,34);3-4H2,1-2H3/b21-20+,25-9+;. The number of rotatable bonds is 10. The maximum atomic E-state index is 12.0. The summed E-state index contributed by atoms with van der Waals surface area (Å²) in [7, 11) is 3.84. The number of carbonyl (C=O) groups excluding carboxylic acids is 1. The van der Waals surface area contributed by atoms with Crippen molar-refractivity contribution < 1.29 is 9.53 Å². The van der Waals surface area contributed by atoms with Gasteiger partial charge in [0.25, 0.3) is 0 Å². The fourth-order valence-electron chi connectivity index (χ4n) is 4.62. The van der Waals surface area contributed by atoms with Crippen LogP contribution in [0.1, 0.15) is 92.3 Å². The van der Waals surface area contributed by atoms with Gasteiger partial charge < -0.3 is 20.3 Å². The second kappa shape index (κ2) is 16.7. The molecule has 0 radical (unpaired) electrons. The molecule has 0 amide bonds. The predicted octanol–water partition coefficient (Wildman–Crippen LogP) is 7.80. The molecule has 1 aromatic heterocycles. The number of likely N-dealkylation sites (tertiary alicyclic amines) is 1. The summed E-state index contributed by atoms with van der Waals surface area (Å²) in [5, 5.41) is 7.04. The number of anilines is 2. The topological polar surface area (TPSA) is 79.4 Å². The van der Waals surface area contributed by atoms with E-state index in [-0.39, 0.29) is 5.78 Å². The molecule has 7 heteroatoms. The van der Waals surface area contributed by atoms with Crippen LogP contribution in [0.25, 0.3) is 11.3 Å². The summed E-state index contributed by atoms with van der Waals surface area (Å²) in [6, 6.07) is 8.45. The van der Waals surface area contributed by atoms with E-state index in [2.05, 4.69) is 60.5 Å². The van der Waals surface area contributed by atoms with E-state index in [1.807, 2.05) is 45.9 Å². The zero-order valence-electron chi connectivity index (χ0n) is 26.9. The number of benzene rings is 1. The van der Waals surface area contributed by atoms with Crippen LogP contribution in [0.4, 0.5) is 11.6 Å². The summed E-state index contributed by atoms with van der Waals surface area (Å²) in [6.07, 6.45) is 8.75. The third kappa shape index (κ3) is 9.85. The van der Waals surface area contributed by atoms with Gasteiger partial charge in [-0.25, -0.2) is 9.97 Å². The van der Waals surface area contributed by atoms with Gasteiger partial charge in [0.2, 0.25) is 5.95 Å². The number of carbonyl (C=O) groups is 1. The van der Waals surface area contributed by atoms with Gasteiger partial charge in [0.1, 0.15) is 5.75 Å². The molecule has 7 nitrogen and oxygen atoms in total. The molecule has 0 unspecified atom stereocenters. The van der Waals surface area contributed by atoms with Crippen LogP contribution < -0.4 is 15.4 Å². The Balaban J connectivity index is 0.00000138. The van der Waals surface area contributed by atoms with Crippen molar-refractivity contribution in [3.8, 4) is 5.75 Å². The first-order valence-corrected chi connectivity index (χ1v) is 14.8. The Morgan fingerprint density at radius 2 is 1.71 bits per heavy atom. The normalized spacial score (nSPS) is 14.8. The van der Waals surface area contributed by atoms with E-state index in [0.717, 1.165) is 70.9 Å². The number of hydrogen-bond acceptors (Lipinski definition) is 7. The van der Waals surface area contributed by atoms with E-state index in [1.165, 1.54) is 12.8 Å². The van der Waals surface area contributed by atoms with Gasteiger partial charge >= 0.3 is 0 Å². The Morgan fingerprint density at radius 1 is 1.05 bits per heavy atom. The highest BCUT2D eigenvalue weighted by atomic mass is 16.5. The number of piperidine rings is 1. The van der Waals surface area contributed by atoms with Gasteiger partial charge in [-0.3, -0.25) is 4.79 Å². The Bertz CT molecular complexity index is 1250. The van der Waals surface area contributed by atoms with Gasteiger partial charge in [-0.15, -0.1) is 0 Å². The van der Waals surface area contributed by atoms with Crippen molar-refractivity contribution in [2.45, 2.75) is 87.1 Å². The van der Waals surface area contributed by atoms with Gasteiger partial charge in [-0.1, -0.05) is 44.4 Å². The molecule has 1 aliphatic heterocycles. The maximum Gasteiger partial charge on any atom is 0.227 e. The van der Waals surface area contributed by atoms with Crippen molar-refractivity contribution in [1.82, 2.24) is 20.2 Å². The van der Waals surface area contributed by atoms with E-state index in [1.54, 1.807) is 20.2 Å². The molecular formula is C34H51N5O2. The number of nitrogens with one attached hydrogen (secondary N) is 2. The predicted molar refractivity (Wildman–Crippen MR) is 174 cm³/mol. The minimum atomic E-state index is 0.0549. The van der Waals surface area contributed by atoms with Crippen LogP contribution >= 0.6 is 0 Å². The van der Waals surface area contributed by atoms with E-state index in [9.17, 15) is 4.79 Å². The van der Waals surface area contributed by atoms with Crippen LogP contribution in [0.2, 0.25) is 0 Å². The van der Waals surface area contributed by atoms with E-state index >= 15 is 0 Å². The summed E-state index contributed by atoms with van der Waals surface area (Å²) >= 11 is 0. The highest BCUT2D eigenvalue weighted by molar-refractivity contribution is 5.98. The largest absolute Gasteiger partial charge is 0.495 e. The molecule has 1 fully saturated rings. The number of unbranched alkanes of at least 4 members (excludes halogenated alkanes) is 1. The minimum Gasteiger partial charge on any atom is -0.495 e. The second-order valence-corrected chi connectivity index (χ2v) is 10.9. The molecule has 3 rings (SSSR count). The van der Waals surface area contributed by atoms with Crippen molar-refractivity contribution >= 4 is 28.7 Å². The van der Waals surface area contributed by atoms with Gasteiger partial charge in [0.15, 0.2) is 5.78 Å². The number of ketones is 1. The van der Waals surface area contributed by atoms with Crippen molar-refractivity contribution in [3.63, 3.8) is 0 Å². The molecule has 224 valence electrons. The molecule has 0 aliphatic carbocycles. The van der Waals surface area contributed by atoms with Crippen molar-refractivity contribution in [1.29, 1.82) is 0 Å². The molecule has 0 spiro atoms. The summed E-state index contributed by atoms with van der Waals surface area (Å²) in [6.45, 7) is 18.1. The number of methoxy groups -OCH3 is 1. The lowest BCUT2D eigenvalue weighted by molar-refractivity contribution is -0.113. The average Bonchev–Trinajstić information content (AvgIpc) is 2.96. The van der Waals surface area contributed by atoms with Gasteiger partial charge in [0.05, 0.1) is 18.5 Å². The zero-order chi connectivity index (χ0) is 30.5. The van der Waals surface area contributed by atoms with Gasteiger partial charge in [-0.05, 0) is 104 Å². The monoisotopic (exact) mass is 561 g/mol. The molecule has 1 aliphatic rings. The highest BCUT2D eigenvalue weighted by Crippen LogP contribution is 2.32. The van der Waals surface area contributed by atoms with Gasteiger partial charge in [0, 0.05) is 29.1 Å². The molecule has 0 saturated carbocycles. The third-order valence-corrected chi connectivity index (χ3v) is 7.50.